The fraction of sp³-hybridized carbons (Fsp3) is 0.500. The fourth-order valence-electron chi connectivity index (χ4n) is 2.86. The second-order valence-electron chi connectivity index (χ2n) is 5.52. The number of carbonyl (C=O) groups is 1. The van der Waals surface area contributed by atoms with Crippen molar-refractivity contribution >= 4 is 33.8 Å². The van der Waals surface area contributed by atoms with Crippen LogP contribution in [0.4, 0.5) is 5.69 Å². The molecule has 1 aliphatic heterocycles. The van der Waals surface area contributed by atoms with Crippen LogP contribution >= 0.6 is 15.9 Å². The van der Waals surface area contributed by atoms with Crippen LogP contribution in [0, 0.1) is 5.92 Å². The van der Waals surface area contributed by atoms with Crippen LogP contribution in [-0.4, -0.2) is 27.2 Å². The molecule has 21 heavy (non-hydrogen) atoms. The summed E-state index contributed by atoms with van der Waals surface area (Å²) in [5.41, 5.74) is 0.124. The van der Waals surface area contributed by atoms with Crippen molar-refractivity contribution < 1.29 is 15.0 Å². The molecule has 1 aliphatic rings. The number of hydrogen-bond donors (Lipinski definition) is 2. The molecule has 4 nitrogen and oxygen atoms in total. The van der Waals surface area contributed by atoms with E-state index in [1.165, 1.54) is 6.21 Å². The minimum absolute atomic E-state index is 0.0807. The average Bonchev–Trinajstić information content (AvgIpc) is 2.77. The summed E-state index contributed by atoms with van der Waals surface area (Å²) in [6.07, 6.45) is 3.97. The third-order valence-corrected chi connectivity index (χ3v) is 4.75. The van der Waals surface area contributed by atoms with Crippen LogP contribution in [0.15, 0.2) is 29.3 Å². The van der Waals surface area contributed by atoms with Gasteiger partial charge in [-0.15, -0.1) is 0 Å². The van der Waals surface area contributed by atoms with E-state index in [0.29, 0.717) is 12.0 Å². The third kappa shape index (κ3) is 3.52. The molecule has 0 amide bonds. The van der Waals surface area contributed by atoms with Crippen molar-refractivity contribution in [2.24, 2.45) is 10.9 Å². The van der Waals surface area contributed by atoms with Gasteiger partial charge in [0.25, 0.3) is 0 Å². The summed E-state index contributed by atoms with van der Waals surface area (Å²) >= 11 is 3.59. The molecule has 0 saturated heterocycles. The van der Waals surface area contributed by atoms with Gasteiger partial charge < -0.3 is 10.2 Å². The molecule has 0 spiro atoms. The predicted octanol–water partition coefficient (Wildman–Crippen LogP) is 3.63. The first-order valence-electron chi connectivity index (χ1n) is 7.20. The monoisotopic (exact) mass is 353 g/mol. The number of rotatable bonds is 7. The highest BCUT2D eigenvalue weighted by atomic mass is 79.9. The fourth-order valence-corrected chi connectivity index (χ4v) is 3.77. The highest BCUT2D eigenvalue weighted by molar-refractivity contribution is 9.09. The Morgan fingerprint density at radius 2 is 2.14 bits per heavy atom. The number of carboxylic acid groups (broad SMARTS) is 1. The van der Waals surface area contributed by atoms with Gasteiger partial charge in [0.05, 0.1) is 12.1 Å². The van der Waals surface area contributed by atoms with Crippen molar-refractivity contribution in [3.8, 4) is 0 Å². The Balaban J connectivity index is 2.28. The van der Waals surface area contributed by atoms with Crippen molar-refractivity contribution in [3.63, 3.8) is 0 Å². The van der Waals surface area contributed by atoms with Crippen molar-refractivity contribution in [2.45, 2.75) is 43.0 Å². The molecule has 0 saturated carbocycles. The van der Waals surface area contributed by atoms with Crippen molar-refractivity contribution in [1.82, 2.24) is 0 Å². The smallest absolute Gasteiger partial charge is 0.303 e. The number of fused-ring (bicyclic) bond motifs is 1. The number of aliphatic imine (C=N–C) groups is 1. The Morgan fingerprint density at radius 1 is 1.43 bits per heavy atom. The molecule has 0 aromatic heterocycles. The topological polar surface area (TPSA) is 69.9 Å². The second kappa shape index (κ2) is 6.71. The van der Waals surface area contributed by atoms with Crippen LogP contribution in [0.3, 0.4) is 0 Å². The predicted molar refractivity (Wildman–Crippen MR) is 86.5 cm³/mol. The number of hydrogen-bond acceptors (Lipinski definition) is 3. The molecular weight excluding hydrogens is 334 g/mol. The van der Waals surface area contributed by atoms with Crippen LogP contribution in [-0.2, 0) is 10.4 Å². The quantitative estimate of drug-likeness (QED) is 0.735. The molecule has 2 N–H and O–H groups in total. The van der Waals surface area contributed by atoms with E-state index in [4.69, 9.17) is 0 Å². The van der Waals surface area contributed by atoms with E-state index in [1.54, 1.807) is 0 Å². The Kier molecular flexibility index (Phi) is 5.17. The zero-order chi connectivity index (χ0) is 15.5. The summed E-state index contributed by atoms with van der Waals surface area (Å²) in [6, 6.07) is 7.35. The minimum atomic E-state index is -1.30. The summed E-state index contributed by atoms with van der Waals surface area (Å²) < 4.78 is 0. The maximum absolute atomic E-state index is 11.2. The normalized spacial score (nSPS) is 22.8. The molecule has 0 bridgehead atoms. The lowest BCUT2D eigenvalue weighted by atomic mass is 9.78. The van der Waals surface area contributed by atoms with E-state index in [9.17, 15) is 15.0 Å². The molecule has 1 aromatic carbocycles. The summed E-state index contributed by atoms with van der Waals surface area (Å²) in [5, 5.41) is 20.2. The zero-order valence-corrected chi connectivity index (χ0v) is 13.6. The zero-order valence-electron chi connectivity index (χ0n) is 12.0. The maximum atomic E-state index is 11.2. The van der Waals surface area contributed by atoms with Gasteiger partial charge in [0, 0.05) is 22.5 Å². The lowest BCUT2D eigenvalue weighted by molar-refractivity contribution is -0.140. The lowest BCUT2D eigenvalue weighted by Crippen LogP contribution is -2.37. The number of carboxylic acids is 1. The van der Waals surface area contributed by atoms with Gasteiger partial charge in [-0.05, 0) is 18.9 Å². The largest absolute Gasteiger partial charge is 0.481 e. The molecule has 0 aliphatic carbocycles. The molecule has 1 heterocycles. The van der Waals surface area contributed by atoms with Gasteiger partial charge in [-0.1, -0.05) is 47.5 Å². The maximum Gasteiger partial charge on any atom is 0.303 e. The highest BCUT2D eigenvalue weighted by Crippen LogP contribution is 2.43. The number of halogens is 1. The first-order valence-corrected chi connectivity index (χ1v) is 8.12. The summed E-state index contributed by atoms with van der Waals surface area (Å²) in [5.74, 6) is -1.30. The molecule has 1 aromatic rings. The summed E-state index contributed by atoms with van der Waals surface area (Å²) in [7, 11) is 0. The van der Waals surface area contributed by atoms with Gasteiger partial charge in [-0.3, -0.25) is 9.79 Å². The lowest BCUT2D eigenvalue weighted by Gasteiger charge is -2.32. The van der Waals surface area contributed by atoms with E-state index in [1.807, 2.05) is 24.3 Å². The number of alkyl halides is 1. The van der Waals surface area contributed by atoms with Crippen molar-refractivity contribution in [1.29, 1.82) is 0 Å². The van der Waals surface area contributed by atoms with Gasteiger partial charge in [0.2, 0.25) is 0 Å². The molecule has 2 rings (SSSR count). The molecule has 3 atom stereocenters. The Morgan fingerprint density at radius 3 is 2.81 bits per heavy atom. The second-order valence-corrected chi connectivity index (χ2v) is 6.81. The Hall–Kier alpha value is -1.20. The first-order chi connectivity index (χ1) is 9.97. The summed E-state index contributed by atoms with van der Waals surface area (Å²) in [6.45, 7) is 2.08. The van der Waals surface area contributed by atoms with Gasteiger partial charge in [-0.2, -0.15) is 0 Å². The molecule has 0 fully saturated rings. The first kappa shape index (κ1) is 16.2. The van der Waals surface area contributed by atoms with Crippen molar-refractivity contribution in [2.75, 3.05) is 0 Å². The number of aliphatic carboxylic acids is 1. The molecule has 0 radical (unpaired) electrons. The molecule has 114 valence electrons. The minimum Gasteiger partial charge on any atom is -0.481 e. The van der Waals surface area contributed by atoms with E-state index in [-0.39, 0.29) is 11.2 Å². The summed E-state index contributed by atoms with van der Waals surface area (Å²) in [4.78, 5) is 15.6. The highest BCUT2D eigenvalue weighted by Gasteiger charge is 2.43. The van der Waals surface area contributed by atoms with E-state index in [0.717, 1.165) is 18.5 Å². The van der Waals surface area contributed by atoms with E-state index >= 15 is 0 Å². The van der Waals surface area contributed by atoms with Gasteiger partial charge >= 0.3 is 5.97 Å². The number of nitrogens with zero attached hydrogens (tertiary/aromatic N) is 1. The SMILES string of the molecule is CCCC(Br)CC(CC(=O)O)C1(O)C=Nc2ccccc21. The number of para-hydroxylation sites is 1. The molecule has 5 heteroatoms. The van der Waals surface area contributed by atoms with Gasteiger partial charge in [0.1, 0.15) is 5.60 Å². The van der Waals surface area contributed by atoms with Crippen LogP contribution in [0.25, 0.3) is 0 Å². The van der Waals surface area contributed by atoms with Crippen LogP contribution in [0.2, 0.25) is 0 Å². The van der Waals surface area contributed by atoms with Crippen molar-refractivity contribution in [3.05, 3.63) is 29.8 Å². The van der Waals surface area contributed by atoms with Gasteiger partial charge in [0.15, 0.2) is 0 Å². The molecule has 3 unspecified atom stereocenters. The van der Waals surface area contributed by atoms with E-state index in [2.05, 4.69) is 27.8 Å². The third-order valence-electron chi connectivity index (χ3n) is 3.92. The number of benzene rings is 1. The Bertz CT molecular complexity index is 546. The standard InChI is InChI=1S/C16H20BrNO3/c1-2-5-12(17)8-11(9-15(19)20)16(21)10-18-14-7-4-3-6-13(14)16/h3-4,6-7,10-12,21H,2,5,8-9H2,1H3,(H,19,20). The molecular formula is C16H20BrNO3. The van der Waals surface area contributed by atoms with Crippen LogP contribution in [0.5, 0.6) is 0 Å². The van der Waals surface area contributed by atoms with Crippen LogP contribution < -0.4 is 0 Å². The van der Waals surface area contributed by atoms with E-state index < -0.39 is 17.5 Å². The Labute approximate surface area is 133 Å². The van der Waals surface area contributed by atoms with Crippen LogP contribution in [0.1, 0.15) is 38.2 Å². The number of aliphatic hydroxyl groups is 1. The average molecular weight is 354 g/mol. The van der Waals surface area contributed by atoms with Gasteiger partial charge in [-0.25, -0.2) is 0 Å².